The van der Waals surface area contributed by atoms with E-state index in [1.165, 1.54) is 0 Å². The van der Waals surface area contributed by atoms with Gasteiger partial charge in [0.25, 0.3) is 0 Å². The second kappa shape index (κ2) is 6.64. The van der Waals surface area contributed by atoms with E-state index in [2.05, 4.69) is 18.0 Å². The number of allylic oxidation sites excluding steroid dienone is 2. The van der Waals surface area contributed by atoms with E-state index in [9.17, 15) is 0 Å². The van der Waals surface area contributed by atoms with E-state index in [1.54, 1.807) is 7.11 Å². The number of alkyl halides is 1. The van der Waals surface area contributed by atoms with Crippen molar-refractivity contribution in [2.75, 3.05) is 20.3 Å². The summed E-state index contributed by atoms with van der Waals surface area (Å²) in [6.45, 7) is 5.06. The molecule has 1 heterocycles. The van der Waals surface area contributed by atoms with Crippen LogP contribution >= 0.6 is 11.6 Å². The number of methoxy groups -OCH3 is 1. The molecule has 0 fully saturated rings. The average molecular weight is 280 g/mol. The highest BCUT2D eigenvalue weighted by atomic mass is 35.5. The number of rotatable bonds is 5. The van der Waals surface area contributed by atoms with Crippen molar-refractivity contribution in [1.29, 1.82) is 0 Å². The molecule has 1 unspecified atom stereocenters. The van der Waals surface area contributed by atoms with E-state index >= 15 is 0 Å². The Labute approximate surface area is 118 Å². The summed E-state index contributed by atoms with van der Waals surface area (Å²) in [5.74, 6) is 0.839. The van der Waals surface area contributed by atoms with E-state index in [4.69, 9.17) is 21.1 Å². The predicted molar refractivity (Wildman–Crippen MR) is 78.3 cm³/mol. The lowest BCUT2D eigenvalue weighted by atomic mass is 10.1. The minimum atomic E-state index is -0.0274. The van der Waals surface area contributed by atoms with Gasteiger partial charge in [0.2, 0.25) is 0 Å². The summed E-state index contributed by atoms with van der Waals surface area (Å²) in [5.41, 5.74) is 2.99. The second-order valence-corrected chi connectivity index (χ2v) is 4.86. The Hall–Kier alpha value is -1.45. The molecule has 1 aromatic carbocycles. The quantitative estimate of drug-likeness (QED) is 0.663. The van der Waals surface area contributed by atoms with Crippen molar-refractivity contribution >= 4 is 17.3 Å². The Bertz CT molecular complexity index is 468. The molecular formula is C15H18ClNO2. The van der Waals surface area contributed by atoms with Crippen molar-refractivity contribution in [1.82, 2.24) is 5.32 Å². The van der Waals surface area contributed by atoms with Gasteiger partial charge in [-0.15, -0.1) is 11.6 Å². The topological polar surface area (TPSA) is 30.5 Å². The fourth-order valence-electron chi connectivity index (χ4n) is 1.83. The average Bonchev–Trinajstić information content (AvgIpc) is 2.43. The van der Waals surface area contributed by atoms with Gasteiger partial charge in [0.15, 0.2) is 0 Å². The van der Waals surface area contributed by atoms with Gasteiger partial charge in [-0.3, -0.25) is 0 Å². The third-order valence-corrected chi connectivity index (χ3v) is 3.37. The molecule has 0 bridgehead atoms. The molecule has 0 amide bonds. The van der Waals surface area contributed by atoms with Crippen LogP contribution in [0.4, 0.5) is 0 Å². The van der Waals surface area contributed by atoms with E-state index in [1.807, 2.05) is 24.3 Å². The summed E-state index contributed by atoms with van der Waals surface area (Å²) < 4.78 is 10.5. The molecule has 102 valence electrons. The molecule has 0 aliphatic carbocycles. The van der Waals surface area contributed by atoms with Gasteiger partial charge in [0.05, 0.1) is 12.0 Å². The van der Waals surface area contributed by atoms with Crippen LogP contribution in [0.2, 0.25) is 0 Å². The number of hydrogen-bond donors (Lipinski definition) is 1. The van der Waals surface area contributed by atoms with Gasteiger partial charge >= 0.3 is 0 Å². The van der Waals surface area contributed by atoms with Crippen molar-refractivity contribution in [3.8, 4) is 5.75 Å². The highest BCUT2D eigenvalue weighted by molar-refractivity contribution is 6.22. The number of ether oxygens (including phenoxy) is 2. The maximum atomic E-state index is 6.08. The van der Waals surface area contributed by atoms with Gasteiger partial charge in [-0.25, -0.2) is 0 Å². The Kier molecular flexibility index (Phi) is 4.88. The minimum Gasteiger partial charge on any atom is -0.491 e. The van der Waals surface area contributed by atoms with Crippen molar-refractivity contribution in [2.24, 2.45) is 0 Å². The summed E-state index contributed by atoms with van der Waals surface area (Å²) in [4.78, 5) is 0. The summed E-state index contributed by atoms with van der Waals surface area (Å²) in [6.07, 6.45) is 2.89. The van der Waals surface area contributed by atoms with Crippen LogP contribution in [0.15, 0.2) is 42.6 Å². The summed E-state index contributed by atoms with van der Waals surface area (Å²) >= 11 is 6.08. The molecule has 0 saturated carbocycles. The van der Waals surface area contributed by atoms with Gasteiger partial charge < -0.3 is 14.8 Å². The van der Waals surface area contributed by atoms with Gasteiger partial charge in [0.1, 0.15) is 12.4 Å². The van der Waals surface area contributed by atoms with Crippen LogP contribution in [0.5, 0.6) is 5.75 Å². The van der Waals surface area contributed by atoms with E-state index in [0.717, 1.165) is 29.1 Å². The van der Waals surface area contributed by atoms with Crippen molar-refractivity contribution < 1.29 is 9.47 Å². The molecule has 19 heavy (non-hydrogen) atoms. The fraction of sp³-hybridized carbons (Fsp3) is 0.333. The number of halogens is 1. The summed E-state index contributed by atoms with van der Waals surface area (Å²) in [5, 5.41) is 3.20. The lowest BCUT2D eigenvalue weighted by Crippen LogP contribution is -2.22. The zero-order valence-corrected chi connectivity index (χ0v) is 11.7. The van der Waals surface area contributed by atoms with Crippen LogP contribution in [-0.2, 0) is 4.74 Å². The highest BCUT2D eigenvalue weighted by Gasteiger charge is 2.15. The van der Waals surface area contributed by atoms with Crippen LogP contribution in [0, 0.1) is 0 Å². The molecular weight excluding hydrogens is 262 g/mol. The first-order valence-corrected chi connectivity index (χ1v) is 6.66. The zero-order valence-electron chi connectivity index (χ0n) is 11.0. The molecule has 0 aromatic heterocycles. The SMILES string of the molecule is C=C1NC(c2ccc(OCCOC)cc2)=CCC1Cl. The first-order valence-electron chi connectivity index (χ1n) is 6.23. The molecule has 0 radical (unpaired) electrons. The first-order chi connectivity index (χ1) is 9.20. The Morgan fingerprint density at radius 3 is 2.68 bits per heavy atom. The van der Waals surface area contributed by atoms with Crippen LogP contribution in [0.3, 0.4) is 0 Å². The molecule has 2 rings (SSSR count). The molecule has 1 N–H and O–H groups in total. The number of benzene rings is 1. The Balaban J connectivity index is 2.00. The predicted octanol–water partition coefficient (Wildman–Crippen LogP) is 3.17. The maximum Gasteiger partial charge on any atom is 0.119 e. The molecule has 1 aliphatic rings. The molecule has 0 saturated heterocycles. The van der Waals surface area contributed by atoms with Crippen LogP contribution in [0.1, 0.15) is 12.0 Å². The van der Waals surface area contributed by atoms with Gasteiger partial charge in [-0.05, 0) is 36.2 Å². The van der Waals surface area contributed by atoms with Crippen molar-refractivity contribution in [2.45, 2.75) is 11.8 Å². The van der Waals surface area contributed by atoms with Gasteiger partial charge in [-0.1, -0.05) is 12.7 Å². The van der Waals surface area contributed by atoms with Gasteiger partial charge in [0, 0.05) is 18.5 Å². The fourth-order valence-corrected chi connectivity index (χ4v) is 1.97. The summed E-state index contributed by atoms with van der Waals surface area (Å²) in [7, 11) is 1.66. The van der Waals surface area contributed by atoms with Crippen molar-refractivity contribution in [3.05, 3.63) is 48.2 Å². The molecule has 4 heteroatoms. The Morgan fingerprint density at radius 2 is 2.05 bits per heavy atom. The Morgan fingerprint density at radius 1 is 1.32 bits per heavy atom. The third kappa shape index (κ3) is 3.75. The lowest BCUT2D eigenvalue weighted by Gasteiger charge is -2.22. The molecule has 1 atom stereocenters. The smallest absolute Gasteiger partial charge is 0.119 e. The molecule has 0 spiro atoms. The second-order valence-electron chi connectivity index (χ2n) is 4.34. The monoisotopic (exact) mass is 279 g/mol. The van der Waals surface area contributed by atoms with Crippen molar-refractivity contribution in [3.63, 3.8) is 0 Å². The lowest BCUT2D eigenvalue weighted by molar-refractivity contribution is 0.146. The summed E-state index contributed by atoms with van der Waals surface area (Å²) in [6, 6.07) is 7.93. The first kappa shape index (κ1) is 14.0. The van der Waals surface area contributed by atoms with E-state index < -0.39 is 0 Å². The number of hydrogen-bond acceptors (Lipinski definition) is 3. The van der Waals surface area contributed by atoms with Crippen LogP contribution in [-0.4, -0.2) is 25.7 Å². The largest absolute Gasteiger partial charge is 0.491 e. The van der Waals surface area contributed by atoms with E-state index in [0.29, 0.717) is 13.2 Å². The normalized spacial score (nSPS) is 18.7. The molecule has 3 nitrogen and oxygen atoms in total. The standard InChI is InChI=1S/C15H18ClNO2/c1-11-14(16)7-8-15(17-11)12-3-5-13(6-4-12)19-10-9-18-2/h3-6,8,14,17H,1,7,9-10H2,2H3. The number of nitrogens with one attached hydrogen (secondary N) is 1. The van der Waals surface area contributed by atoms with E-state index in [-0.39, 0.29) is 5.38 Å². The maximum absolute atomic E-state index is 6.08. The highest BCUT2D eigenvalue weighted by Crippen LogP contribution is 2.25. The third-order valence-electron chi connectivity index (χ3n) is 2.92. The van der Waals surface area contributed by atoms with Gasteiger partial charge in [-0.2, -0.15) is 0 Å². The zero-order chi connectivity index (χ0) is 13.7. The molecule has 1 aliphatic heterocycles. The minimum absolute atomic E-state index is 0.0274. The van der Waals surface area contributed by atoms with Crippen LogP contribution < -0.4 is 10.1 Å². The molecule has 1 aromatic rings. The van der Waals surface area contributed by atoms with Crippen LogP contribution in [0.25, 0.3) is 5.70 Å².